The Labute approximate surface area is 217 Å². The lowest BCUT2D eigenvalue weighted by molar-refractivity contribution is -0.130. The van der Waals surface area contributed by atoms with Gasteiger partial charge in [0, 0.05) is 27.1 Å². The second-order valence-corrected chi connectivity index (χ2v) is 9.34. The normalized spacial score (nSPS) is 14.6. The van der Waals surface area contributed by atoms with Crippen LogP contribution in [0.15, 0.2) is 95.4 Å². The van der Waals surface area contributed by atoms with Crippen molar-refractivity contribution < 1.29 is 18.7 Å². The molecule has 0 aliphatic carbocycles. The summed E-state index contributed by atoms with van der Waals surface area (Å²) in [6, 6.07) is 29.3. The Hall–Kier alpha value is -4.32. The van der Waals surface area contributed by atoms with Crippen LogP contribution in [0.4, 0.5) is 0 Å². The SMILES string of the molecule is CC(=O)N1CCc2ccc(OCc3ccc(C(=O)N(C)Cc4ccccc4)o3)cc2[C@H]1c1ccccc1. The molecule has 0 saturated heterocycles. The molecule has 37 heavy (non-hydrogen) atoms. The Bertz CT molecular complexity index is 1380. The van der Waals surface area contributed by atoms with Crippen LogP contribution in [0.1, 0.15) is 51.5 Å². The minimum absolute atomic E-state index is 0.0517. The van der Waals surface area contributed by atoms with Gasteiger partial charge in [-0.15, -0.1) is 0 Å². The van der Waals surface area contributed by atoms with E-state index >= 15 is 0 Å². The van der Waals surface area contributed by atoms with Crippen LogP contribution in [-0.2, 0) is 24.4 Å². The predicted octanol–water partition coefficient (Wildman–Crippen LogP) is 5.62. The van der Waals surface area contributed by atoms with Gasteiger partial charge in [-0.05, 0) is 52.9 Å². The first-order chi connectivity index (χ1) is 18.0. The van der Waals surface area contributed by atoms with Gasteiger partial charge in [-0.1, -0.05) is 66.7 Å². The molecule has 0 unspecified atom stereocenters. The van der Waals surface area contributed by atoms with Crippen LogP contribution in [0.3, 0.4) is 0 Å². The Morgan fingerprint density at radius 1 is 0.973 bits per heavy atom. The second kappa shape index (κ2) is 10.7. The molecule has 0 radical (unpaired) electrons. The molecule has 1 aliphatic rings. The molecule has 1 aliphatic heterocycles. The molecule has 6 nitrogen and oxygen atoms in total. The molecule has 0 fully saturated rings. The standard InChI is InChI=1S/C31H30N2O4/c1-22(34)33-18-17-24-13-14-26(19-28(24)30(33)25-11-7-4-8-12-25)36-21-27-15-16-29(37-27)31(35)32(2)20-23-9-5-3-6-10-23/h3-16,19,30H,17-18,20-21H2,1-2H3/t30-/m1/s1. The van der Waals surface area contributed by atoms with Gasteiger partial charge in [-0.2, -0.15) is 0 Å². The number of hydrogen-bond acceptors (Lipinski definition) is 4. The number of amides is 2. The van der Waals surface area contributed by atoms with E-state index < -0.39 is 0 Å². The third-order valence-corrected chi connectivity index (χ3v) is 6.73. The van der Waals surface area contributed by atoms with Crippen LogP contribution >= 0.6 is 0 Å². The lowest BCUT2D eigenvalue weighted by Crippen LogP contribution is -2.39. The Kier molecular flexibility index (Phi) is 7.08. The van der Waals surface area contributed by atoms with Crippen molar-refractivity contribution in [2.24, 2.45) is 0 Å². The van der Waals surface area contributed by atoms with E-state index in [0.29, 0.717) is 24.6 Å². The molecule has 2 amide bonds. The summed E-state index contributed by atoms with van der Waals surface area (Å²) in [7, 11) is 1.76. The van der Waals surface area contributed by atoms with Gasteiger partial charge in [0.25, 0.3) is 5.91 Å². The molecule has 6 heteroatoms. The maximum Gasteiger partial charge on any atom is 0.289 e. The maximum absolute atomic E-state index is 12.8. The van der Waals surface area contributed by atoms with E-state index in [1.54, 1.807) is 31.0 Å². The Morgan fingerprint density at radius 2 is 1.70 bits per heavy atom. The summed E-state index contributed by atoms with van der Waals surface area (Å²) in [6.45, 7) is 3.00. The number of rotatable bonds is 7. The highest BCUT2D eigenvalue weighted by molar-refractivity contribution is 5.91. The summed E-state index contributed by atoms with van der Waals surface area (Å²) in [5, 5.41) is 0. The highest BCUT2D eigenvalue weighted by Gasteiger charge is 2.30. The monoisotopic (exact) mass is 494 g/mol. The van der Waals surface area contributed by atoms with Gasteiger partial charge in [-0.25, -0.2) is 0 Å². The number of carbonyl (C=O) groups is 2. The summed E-state index contributed by atoms with van der Waals surface area (Å²) >= 11 is 0. The van der Waals surface area contributed by atoms with Crippen LogP contribution in [-0.4, -0.2) is 35.2 Å². The van der Waals surface area contributed by atoms with E-state index in [9.17, 15) is 9.59 Å². The Morgan fingerprint density at radius 3 is 2.43 bits per heavy atom. The fraction of sp³-hybridized carbons (Fsp3) is 0.226. The van der Waals surface area contributed by atoms with Gasteiger partial charge in [0.2, 0.25) is 5.91 Å². The van der Waals surface area contributed by atoms with Gasteiger partial charge in [0.1, 0.15) is 18.1 Å². The largest absolute Gasteiger partial charge is 0.486 e. The number of fused-ring (bicyclic) bond motifs is 1. The topological polar surface area (TPSA) is 63.0 Å². The minimum Gasteiger partial charge on any atom is -0.486 e. The number of benzene rings is 3. The Balaban J connectivity index is 1.29. The fourth-order valence-corrected chi connectivity index (χ4v) is 4.86. The molecule has 1 atom stereocenters. The van der Waals surface area contributed by atoms with Crippen LogP contribution in [0.5, 0.6) is 5.75 Å². The van der Waals surface area contributed by atoms with Crippen molar-refractivity contribution in [3.8, 4) is 5.75 Å². The third kappa shape index (κ3) is 5.43. The van der Waals surface area contributed by atoms with Crippen molar-refractivity contribution in [1.82, 2.24) is 9.80 Å². The molecule has 5 rings (SSSR count). The first kappa shape index (κ1) is 24.4. The predicted molar refractivity (Wildman–Crippen MR) is 141 cm³/mol. The van der Waals surface area contributed by atoms with Gasteiger partial charge in [-0.3, -0.25) is 9.59 Å². The number of hydrogen-bond donors (Lipinski definition) is 0. The van der Waals surface area contributed by atoms with E-state index in [4.69, 9.17) is 9.15 Å². The molecule has 188 valence electrons. The van der Waals surface area contributed by atoms with Gasteiger partial charge in [0.05, 0.1) is 6.04 Å². The van der Waals surface area contributed by atoms with Crippen molar-refractivity contribution in [3.63, 3.8) is 0 Å². The number of nitrogens with zero attached hydrogens (tertiary/aromatic N) is 2. The molecule has 2 heterocycles. The van der Waals surface area contributed by atoms with Crippen LogP contribution in [0, 0.1) is 0 Å². The minimum atomic E-state index is -0.182. The zero-order chi connectivity index (χ0) is 25.8. The van der Waals surface area contributed by atoms with Crippen molar-refractivity contribution >= 4 is 11.8 Å². The number of ether oxygens (including phenoxy) is 1. The van der Waals surface area contributed by atoms with Crippen molar-refractivity contribution in [3.05, 3.63) is 125 Å². The van der Waals surface area contributed by atoms with Gasteiger partial charge < -0.3 is 19.0 Å². The summed E-state index contributed by atoms with van der Waals surface area (Å²) < 4.78 is 11.9. The molecule has 0 bridgehead atoms. The first-order valence-corrected chi connectivity index (χ1v) is 12.5. The quantitative estimate of drug-likeness (QED) is 0.334. The van der Waals surface area contributed by atoms with Crippen LogP contribution < -0.4 is 4.74 Å². The molecule has 0 N–H and O–H groups in total. The molecule has 4 aromatic rings. The fourth-order valence-electron chi connectivity index (χ4n) is 4.86. The van der Waals surface area contributed by atoms with E-state index in [1.807, 2.05) is 65.6 Å². The highest BCUT2D eigenvalue weighted by atomic mass is 16.5. The molecule has 3 aromatic carbocycles. The van der Waals surface area contributed by atoms with Crippen molar-refractivity contribution in [2.45, 2.75) is 32.5 Å². The summed E-state index contributed by atoms with van der Waals surface area (Å²) in [4.78, 5) is 28.8. The van der Waals surface area contributed by atoms with Gasteiger partial charge >= 0.3 is 0 Å². The average molecular weight is 495 g/mol. The van der Waals surface area contributed by atoms with Crippen LogP contribution in [0.25, 0.3) is 0 Å². The number of carbonyl (C=O) groups excluding carboxylic acids is 2. The van der Waals surface area contributed by atoms with Crippen molar-refractivity contribution in [1.29, 1.82) is 0 Å². The van der Waals surface area contributed by atoms with E-state index in [2.05, 4.69) is 18.2 Å². The summed E-state index contributed by atoms with van der Waals surface area (Å²) in [5.41, 5.74) is 4.41. The van der Waals surface area contributed by atoms with Crippen LogP contribution in [0.2, 0.25) is 0 Å². The third-order valence-electron chi connectivity index (χ3n) is 6.73. The molecule has 0 saturated carbocycles. The van der Waals surface area contributed by atoms with E-state index in [-0.39, 0.29) is 30.2 Å². The lowest BCUT2D eigenvalue weighted by atomic mass is 9.88. The summed E-state index contributed by atoms with van der Waals surface area (Å²) in [5.74, 6) is 1.41. The van der Waals surface area contributed by atoms with E-state index in [1.165, 1.54) is 5.56 Å². The average Bonchev–Trinajstić information content (AvgIpc) is 3.40. The highest BCUT2D eigenvalue weighted by Crippen LogP contribution is 2.37. The lowest BCUT2D eigenvalue weighted by Gasteiger charge is -2.37. The molecular formula is C31H30N2O4. The van der Waals surface area contributed by atoms with E-state index in [0.717, 1.165) is 23.1 Å². The first-order valence-electron chi connectivity index (χ1n) is 12.5. The number of furan rings is 1. The molecule has 1 aromatic heterocycles. The molecular weight excluding hydrogens is 464 g/mol. The maximum atomic E-state index is 12.8. The second-order valence-electron chi connectivity index (χ2n) is 9.34. The summed E-state index contributed by atoms with van der Waals surface area (Å²) in [6.07, 6.45) is 0.804. The smallest absolute Gasteiger partial charge is 0.289 e. The molecule has 0 spiro atoms. The zero-order valence-electron chi connectivity index (χ0n) is 21.1. The van der Waals surface area contributed by atoms with Crippen molar-refractivity contribution in [2.75, 3.05) is 13.6 Å². The zero-order valence-corrected chi connectivity index (χ0v) is 21.1. The van der Waals surface area contributed by atoms with Gasteiger partial charge in [0.15, 0.2) is 5.76 Å².